The third-order valence-corrected chi connectivity index (χ3v) is 5.03. The van der Waals surface area contributed by atoms with E-state index in [-0.39, 0.29) is 10.8 Å². The first-order valence-corrected chi connectivity index (χ1v) is 6.92. The van der Waals surface area contributed by atoms with Crippen molar-refractivity contribution >= 4 is 34.8 Å². The Labute approximate surface area is 117 Å². The molecule has 1 fully saturated rings. The molecule has 0 aliphatic heterocycles. The van der Waals surface area contributed by atoms with Crippen LogP contribution in [0.4, 0.5) is 0 Å². The van der Waals surface area contributed by atoms with Gasteiger partial charge in [0.05, 0.1) is 0 Å². The molecule has 1 nitrogen and oxygen atoms in total. The minimum Gasteiger partial charge on any atom is -0.309 e. The second-order valence-electron chi connectivity index (χ2n) is 5.19. The van der Waals surface area contributed by atoms with E-state index in [4.69, 9.17) is 34.8 Å². The van der Waals surface area contributed by atoms with Gasteiger partial charge in [-0.15, -0.1) is 11.6 Å². The summed E-state index contributed by atoms with van der Waals surface area (Å²) in [7, 11) is 0. The fourth-order valence-electron chi connectivity index (χ4n) is 2.12. The van der Waals surface area contributed by atoms with E-state index >= 15 is 0 Å². The molecule has 1 N–H and O–H groups in total. The first kappa shape index (κ1) is 13.5. The molecular weight excluding hydrogens is 277 g/mol. The molecule has 0 amide bonds. The zero-order valence-electron chi connectivity index (χ0n) is 9.93. The van der Waals surface area contributed by atoms with Crippen LogP contribution in [0.5, 0.6) is 0 Å². The van der Waals surface area contributed by atoms with Crippen LogP contribution in [0.25, 0.3) is 0 Å². The Hall–Kier alpha value is 0.0500. The van der Waals surface area contributed by atoms with Crippen LogP contribution in [-0.4, -0.2) is 11.4 Å². The van der Waals surface area contributed by atoms with Gasteiger partial charge in [-0.2, -0.15) is 0 Å². The van der Waals surface area contributed by atoms with E-state index in [0.29, 0.717) is 16.1 Å². The van der Waals surface area contributed by atoms with Gasteiger partial charge < -0.3 is 5.32 Å². The standard InChI is InChI=1S/C13H16Cl3N/c1-13(2)11(16)6-12(13)17-7-8-3-4-9(14)5-10(8)15/h3-5,11-12,17H,6-7H2,1-2H3. The van der Waals surface area contributed by atoms with Crippen LogP contribution in [-0.2, 0) is 6.54 Å². The van der Waals surface area contributed by atoms with Gasteiger partial charge in [0.2, 0.25) is 0 Å². The average Bonchev–Trinajstić information content (AvgIpc) is 2.26. The van der Waals surface area contributed by atoms with Crippen LogP contribution in [0.2, 0.25) is 10.0 Å². The SMILES string of the molecule is CC1(C)C(Cl)CC1NCc1ccc(Cl)cc1Cl. The maximum Gasteiger partial charge on any atom is 0.0465 e. The topological polar surface area (TPSA) is 12.0 Å². The van der Waals surface area contributed by atoms with Crippen LogP contribution in [0.1, 0.15) is 25.8 Å². The van der Waals surface area contributed by atoms with Gasteiger partial charge in [-0.3, -0.25) is 0 Å². The molecule has 1 aromatic carbocycles. The molecule has 2 atom stereocenters. The van der Waals surface area contributed by atoms with Crippen LogP contribution in [0, 0.1) is 5.41 Å². The van der Waals surface area contributed by atoms with Gasteiger partial charge in [-0.25, -0.2) is 0 Å². The van der Waals surface area contributed by atoms with Crippen molar-refractivity contribution in [3.05, 3.63) is 33.8 Å². The summed E-state index contributed by atoms with van der Waals surface area (Å²) in [6.07, 6.45) is 1.01. The average molecular weight is 293 g/mol. The Morgan fingerprint density at radius 1 is 1.35 bits per heavy atom. The highest BCUT2D eigenvalue weighted by Gasteiger charge is 2.46. The van der Waals surface area contributed by atoms with Crippen molar-refractivity contribution < 1.29 is 0 Å². The van der Waals surface area contributed by atoms with E-state index < -0.39 is 0 Å². The zero-order chi connectivity index (χ0) is 12.6. The first-order chi connectivity index (χ1) is 7.91. The molecule has 0 bridgehead atoms. The number of halogens is 3. The second kappa shape index (κ2) is 4.97. The highest BCUT2D eigenvalue weighted by Crippen LogP contribution is 2.44. The van der Waals surface area contributed by atoms with Gasteiger partial charge in [0.1, 0.15) is 0 Å². The van der Waals surface area contributed by atoms with Gasteiger partial charge in [0.15, 0.2) is 0 Å². The quantitative estimate of drug-likeness (QED) is 0.810. The number of alkyl halides is 1. The van der Waals surface area contributed by atoms with Gasteiger partial charge in [-0.1, -0.05) is 43.1 Å². The molecule has 1 saturated carbocycles. The summed E-state index contributed by atoms with van der Waals surface area (Å²) in [6.45, 7) is 5.14. The predicted molar refractivity (Wildman–Crippen MR) is 75.1 cm³/mol. The van der Waals surface area contributed by atoms with E-state index in [2.05, 4.69) is 19.2 Å². The van der Waals surface area contributed by atoms with E-state index in [1.54, 1.807) is 6.07 Å². The molecule has 1 aromatic rings. The number of nitrogens with one attached hydrogen (secondary N) is 1. The summed E-state index contributed by atoms with van der Waals surface area (Å²) in [5.74, 6) is 0. The molecule has 4 heteroatoms. The Kier molecular flexibility index (Phi) is 3.94. The monoisotopic (exact) mass is 291 g/mol. The number of hydrogen-bond donors (Lipinski definition) is 1. The van der Waals surface area contributed by atoms with Crippen molar-refractivity contribution in [1.82, 2.24) is 5.32 Å². The Morgan fingerprint density at radius 3 is 2.59 bits per heavy atom. The molecular formula is C13H16Cl3N. The molecule has 0 heterocycles. The normalized spacial score (nSPS) is 26.6. The number of benzene rings is 1. The fourth-order valence-corrected chi connectivity index (χ4v) is 2.92. The lowest BCUT2D eigenvalue weighted by atomic mass is 9.67. The molecule has 1 aliphatic rings. The summed E-state index contributed by atoms with van der Waals surface area (Å²) < 4.78 is 0. The number of hydrogen-bond acceptors (Lipinski definition) is 1. The minimum atomic E-state index is 0.153. The second-order valence-corrected chi connectivity index (χ2v) is 6.56. The molecule has 0 saturated heterocycles. The molecule has 1 aliphatic carbocycles. The third kappa shape index (κ3) is 2.73. The van der Waals surface area contributed by atoms with Crippen LogP contribution >= 0.6 is 34.8 Å². The Balaban J connectivity index is 1.95. The number of rotatable bonds is 3. The smallest absolute Gasteiger partial charge is 0.0465 e. The molecule has 2 unspecified atom stereocenters. The summed E-state index contributed by atoms with van der Waals surface area (Å²) >= 11 is 18.2. The largest absolute Gasteiger partial charge is 0.309 e. The Bertz CT molecular complexity index is 417. The van der Waals surface area contributed by atoms with Gasteiger partial charge in [-0.05, 0) is 29.5 Å². The van der Waals surface area contributed by atoms with E-state index in [0.717, 1.165) is 18.5 Å². The lowest BCUT2D eigenvalue weighted by Gasteiger charge is -2.49. The maximum absolute atomic E-state index is 6.19. The minimum absolute atomic E-state index is 0.153. The van der Waals surface area contributed by atoms with Crippen molar-refractivity contribution in [3.8, 4) is 0 Å². The van der Waals surface area contributed by atoms with Crippen molar-refractivity contribution in [3.63, 3.8) is 0 Å². The van der Waals surface area contributed by atoms with Crippen molar-refractivity contribution in [2.75, 3.05) is 0 Å². The van der Waals surface area contributed by atoms with Gasteiger partial charge in [0, 0.05) is 28.0 Å². The maximum atomic E-state index is 6.19. The first-order valence-electron chi connectivity index (χ1n) is 5.72. The van der Waals surface area contributed by atoms with E-state index in [9.17, 15) is 0 Å². The van der Waals surface area contributed by atoms with Gasteiger partial charge >= 0.3 is 0 Å². The summed E-state index contributed by atoms with van der Waals surface area (Å²) in [6, 6.07) is 6.05. The molecule has 0 spiro atoms. The summed E-state index contributed by atoms with van der Waals surface area (Å²) in [4.78, 5) is 0. The van der Waals surface area contributed by atoms with Crippen LogP contribution < -0.4 is 5.32 Å². The lowest BCUT2D eigenvalue weighted by molar-refractivity contribution is 0.115. The zero-order valence-corrected chi connectivity index (χ0v) is 12.2. The highest BCUT2D eigenvalue weighted by atomic mass is 35.5. The molecule has 2 rings (SSSR count). The fraction of sp³-hybridized carbons (Fsp3) is 0.538. The van der Waals surface area contributed by atoms with E-state index in [1.165, 1.54) is 0 Å². The van der Waals surface area contributed by atoms with Crippen molar-refractivity contribution in [2.24, 2.45) is 5.41 Å². The van der Waals surface area contributed by atoms with Crippen LogP contribution in [0.15, 0.2) is 18.2 Å². The highest BCUT2D eigenvalue weighted by molar-refractivity contribution is 6.35. The molecule has 0 aromatic heterocycles. The van der Waals surface area contributed by atoms with Gasteiger partial charge in [0.25, 0.3) is 0 Å². The predicted octanol–water partition coefficient (Wildman–Crippen LogP) is 4.49. The summed E-state index contributed by atoms with van der Waals surface area (Å²) in [5, 5.41) is 5.15. The molecule has 94 valence electrons. The van der Waals surface area contributed by atoms with Crippen LogP contribution in [0.3, 0.4) is 0 Å². The lowest BCUT2D eigenvalue weighted by Crippen LogP contribution is -2.57. The summed E-state index contributed by atoms with van der Waals surface area (Å²) in [5.41, 5.74) is 1.23. The van der Waals surface area contributed by atoms with Crippen molar-refractivity contribution in [1.29, 1.82) is 0 Å². The molecule has 17 heavy (non-hydrogen) atoms. The third-order valence-electron chi connectivity index (χ3n) is 3.70. The molecule has 0 radical (unpaired) electrons. The van der Waals surface area contributed by atoms with Crippen molar-refractivity contribution in [2.45, 2.75) is 38.2 Å². The Morgan fingerprint density at radius 2 is 2.06 bits per heavy atom. The van der Waals surface area contributed by atoms with E-state index in [1.807, 2.05) is 12.1 Å².